The number of benzene rings is 2. The van der Waals surface area contributed by atoms with Crippen LogP contribution in [-0.4, -0.2) is 88.8 Å². The summed E-state index contributed by atoms with van der Waals surface area (Å²) < 4.78 is 8.29. The molecule has 0 bridgehead atoms. The Morgan fingerprint density at radius 3 is 2.77 bits per heavy atom. The Morgan fingerprint density at radius 1 is 1.07 bits per heavy atom. The van der Waals surface area contributed by atoms with Crippen molar-refractivity contribution >= 4 is 34.7 Å². The van der Waals surface area contributed by atoms with E-state index in [0.29, 0.717) is 35.8 Å². The Kier molecular flexibility index (Phi) is 6.28. The number of piperazine rings is 1. The van der Waals surface area contributed by atoms with Crippen LogP contribution in [0.15, 0.2) is 55.0 Å². The molecule has 2 saturated heterocycles. The van der Waals surface area contributed by atoms with Gasteiger partial charge in [0.15, 0.2) is 11.5 Å². The summed E-state index contributed by atoms with van der Waals surface area (Å²) in [7, 11) is 2.22. The summed E-state index contributed by atoms with van der Waals surface area (Å²) in [5, 5.41) is 11.0. The Hall–Kier alpha value is -4.15. The fourth-order valence-corrected chi connectivity index (χ4v) is 6.32. The van der Waals surface area contributed by atoms with Gasteiger partial charge >= 0.3 is 0 Å². The van der Waals surface area contributed by atoms with Crippen molar-refractivity contribution in [2.75, 3.05) is 62.3 Å². The summed E-state index contributed by atoms with van der Waals surface area (Å²) in [6.07, 6.45) is 9.39. The van der Waals surface area contributed by atoms with Gasteiger partial charge in [0.1, 0.15) is 12.4 Å². The third-order valence-electron chi connectivity index (χ3n) is 8.59. The molecule has 1 atom stereocenters. The van der Waals surface area contributed by atoms with Gasteiger partial charge in [0.2, 0.25) is 0 Å². The number of nitrogens with zero attached hydrogens (tertiary/aromatic N) is 6. The van der Waals surface area contributed by atoms with Crippen molar-refractivity contribution in [2.24, 2.45) is 0 Å². The lowest BCUT2D eigenvalue weighted by Gasteiger charge is -2.48. The summed E-state index contributed by atoms with van der Waals surface area (Å²) in [6.45, 7) is 6.28. The molecular formula is C30H35N9O. The lowest BCUT2D eigenvalue weighted by atomic mass is 10.00. The zero-order valence-electron chi connectivity index (χ0n) is 22.8. The predicted molar refractivity (Wildman–Crippen MR) is 159 cm³/mol. The molecule has 3 aliphatic rings. The highest BCUT2D eigenvalue weighted by Gasteiger charge is 2.36. The van der Waals surface area contributed by atoms with Crippen LogP contribution in [0.25, 0.3) is 16.9 Å². The third kappa shape index (κ3) is 4.52. The molecule has 2 aromatic carbocycles. The first-order valence-corrected chi connectivity index (χ1v) is 14.0. The second kappa shape index (κ2) is 10.1. The molecule has 10 nitrogen and oxygen atoms in total. The monoisotopic (exact) mass is 537 g/mol. The van der Waals surface area contributed by atoms with Crippen LogP contribution in [0.1, 0.15) is 18.4 Å². The minimum Gasteiger partial charge on any atom is -0.489 e. The molecule has 4 N–H and O–H groups in total. The van der Waals surface area contributed by atoms with Gasteiger partial charge in [-0.05, 0) is 51.2 Å². The Labute approximate surface area is 233 Å². The zero-order valence-corrected chi connectivity index (χ0v) is 22.8. The number of fused-ring (bicyclic) bond motifs is 4. The summed E-state index contributed by atoms with van der Waals surface area (Å²) in [5.74, 6) is 1.55. The van der Waals surface area contributed by atoms with Crippen LogP contribution in [0, 0.1) is 5.41 Å². The minimum atomic E-state index is 0.383. The van der Waals surface area contributed by atoms with Gasteiger partial charge in [0, 0.05) is 79.0 Å². The number of aromatic nitrogens is 3. The number of nitrogens with one attached hydrogen (secondary N) is 2. The first kappa shape index (κ1) is 24.9. The standard InChI is InChI=1S/C30H35N9O/c1-36-9-6-23(7-10-36)37-12-13-39-24(17-37)19-40-28-15-22(4-5-27(28)39)34-29-30-33-8-11-38(30)18-26(35-29)20-2-3-21(16-31)25(32)14-20/h2-5,8,11,14-16,18,23-24,31H,6-7,9-10,12-13,17,19,32H2,1H3,(H,34,35)/t24-/m1/s1. The molecule has 2 aromatic heterocycles. The van der Waals surface area contributed by atoms with Crippen molar-refractivity contribution < 1.29 is 4.74 Å². The molecule has 7 rings (SSSR count). The number of imidazole rings is 1. The van der Waals surface area contributed by atoms with E-state index in [1.54, 1.807) is 6.20 Å². The molecule has 2 fully saturated rings. The smallest absolute Gasteiger partial charge is 0.180 e. The zero-order chi connectivity index (χ0) is 27.2. The molecular weight excluding hydrogens is 502 g/mol. The van der Waals surface area contributed by atoms with Crippen LogP contribution in [0.4, 0.5) is 22.9 Å². The van der Waals surface area contributed by atoms with Crippen LogP contribution in [0.5, 0.6) is 5.75 Å². The second-order valence-electron chi connectivity index (χ2n) is 11.1. The van der Waals surface area contributed by atoms with Gasteiger partial charge in [-0.3, -0.25) is 4.90 Å². The Bertz CT molecular complexity index is 1560. The molecule has 3 aliphatic heterocycles. The maximum Gasteiger partial charge on any atom is 0.180 e. The highest BCUT2D eigenvalue weighted by molar-refractivity contribution is 5.87. The quantitative estimate of drug-likeness (QED) is 0.261. The van der Waals surface area contributed by atoms with E-state index in [-0.39, 0.29) is 0 Å². The number of anilines is 4. The maximum atomic E-state index is 7.52. The number of ether oxygens (including phenoxy) is 1. The SMILES string of the molecule is CN1CCC(N2CCN3c4ccc(Nc5nc(-c6ccc(C=N)c(N)c6)cn6ccnc56)cc4OC[C@H]3C2)CC1. The molecule has 0 radical (unpaired) electrons. The van der Waals surface area contributed by atoms with Crippen molar-refractivity contribution in [1.29, 1.82) is 5.41 Å². The van der Waals surface area contributed by atoms with Crippen molar-refractivity contribution in [2.45, 2.75) is 24.9 Å². The summed E-state index contributed by atoms with van der Waals surface area (Å²) in [4.78, 5) is 17.1. The van der Waals surface area contributed by atoms with Gasteiger partial charge in [0.25, 0.3) is 0 Å². The van der Waals surface area contributed by atoms with Gasteiger partial charge in [-0.25, -0.2) is 9.97 Å². The summed E-state index contributed by atoms with van der Waals surface area (Å²) in [6, 6.07) is 13.0. The molecule has 0 spiro atoms. The molecule has 206 valence electrons. The van der Waals surface area contributed by atoms with Crippen molar-refractivity contribution in [3.05, 3.63) is 60.6 Å². The van der Waals surface area contributed by atoms with E-state index in [9.17, 15) is 0 Å². The first-order chi connectivity index (χ1) is 19.6. The largest absolute Gasteiger partial charge is 0.489 e. The van der Waals surface area contributed by atoms with Crippen LogP contribution >= 0.6 is 0 Å². The van der Waals surface area contributed by atoms with Crippen LogP contribution in [-0.2, 0) is 0 Å². The fraction of sp³-hybridized carbons (Fsp3) is 0.367. The first-order valence-electron chi connectivity index (χ1n) is 14.0. The second-order valence-corrected chi connectivity index (χ2v) is 11.1. The average Bonchev–Trinajstić information content (AvgIpc) is 3.46. The summed E-state index contributed by atoms with van der Waals surface area (Å²) in [5.41, 5.74) is 11.8. The molecule has 4 aromatic rings. The average molecular weight is 538 g/mol. The fourth-order valence-electron chi connectivity index (χ4n) is 6.32. The maximum absolute atomic E-state index is 7.52. The Morgan fingerprint density at radius 2 is 1.95 bits per heavy atom. The van der Waals surface area contributed by atoms with E-state index >= 15 is 0 Å². The molecule has 5 heterocycles. The van der Waals surface area contributed by atoms with Gasteiger partial charge in [0.05, 0.1) is 17.4 Å². The van der Waals surface area contributed by atoms with Gasteiger partial charge in [-0.1, -0.05) is 12.1 Å². The van der Waals surface area contributed by atoms with Crippen molar-refractivity contribution in [1.82, 2.24) is 24.2 Å². The highest BCUT2D eigenvalue weighted by atomic mass is 16.5. The van der Waals surface area contributed by atoms with E-state index in [1.807, 2.05) is 35.0 Å². The van der Waals surface area contributed by atoms with Gasteiger partial charge < -0.3 is 35.4 Å². The van der Waals surface area contributed by atoms with Crippen LogP contribution in [0.2, 0.25) is 0 Å². The normalized spacial score (nSPS) is 20.1. The number of hydrogen-bond acceptors (Lipinski definition) is 9. The van der Waals surface area contributed by atoms with Crippen molar-refractivity contribution in [3.63, 3.8) is 0 Å². The van der Waals surface area contributed by atoms with Crippen LogP contribution < -0.4 is 20.7 Å². The number of rotatable bonds is 5. The molecule has 0 aliphatic carbocycles. The van der Waals surface area contributed by atoms with Gasteiger partial charge in [-0.15, -0.1) is 0 Å². The third-order valence-corrected chi connectivity index (χ3v) is 8.59. The van der Waals surface area contributed by atoms with Crippen LogP contribution in [0.3, 0.4) is 0 Å². The number of hydrogen-bond donors (Lipinski definition) is 3. The lowest BCUT2D eigenvalue weighted by Crippen LogP contribution is -2.60. The number of likely N-dealkylation sites (tertiary alicyclic amines) is 1. The van der Waals surface area contributed by atoms with Gasteiger partial charge in [-0.2, -0.15) is 0 Å². The lowest BCUT2D eigenvalue weighted by molar-refractivity contribution is 0.0868. The number of nitrogens with two attached hydrogens (primary N) is 1. The van der Waals surface area contributed by atoms with E-state index < -0.39 is 0 Å². The molecule has 40 heavy (non-hydrogen) atoms. The van der Waals surface area contributed by atoms with E-state index in [0.717, 1.165) is 48.0 Å². The van der Waals surface area contributed by atoms with Crippen molar-refractivity contribution in [3.8, 4) is 17.0 Å². The number of nitrogen functional groups attached to an aromatic ring is 1. The predicted octanol–water partition coefficient (Wildman–Crippen LogP) is 3.70. The minimum absolute atomic E-state index is 0.383. The van der Waals surface area contributed by atoms with E-state index in [1.165, 1.54) is 37.8 Å². The summed E-state index contributed by atoms with van der Waals surface area (Å²) >= 11 is 0. The Balaban J connectivity index is 1.12. The topological polar surface area (TPSA) is 111 Å². The molecule has 0 unspecified atom stereocenters. The molecule has 0 saturated carbocycles. The number of piperidine rings is 1. The van der Waals surface area contributed by atoms with E-state index in [2.05, 4.69) is 50.2 Å². The molecule has 10 heteroatoms. The molecule has 0 amide bonds. The highest BCUT2D eigenvalue weighted by Crippen LogP contribution is 2.39. The van der Waals surface area contributed by atoms with E-state index in [4.69, 9.17) is 20.9 Å².